The molecular weight excluding hydrogens is 227 g/mol. The Kier molecular flexibility index (Phi) is 4.76. The van der Waals surface area contributed by atoms with Crippen molar-refractivity contribution in [2.24, 2.45) is 11.8 Å². The van der Waals surface area contributed by atoms with Crippen molar-refractivity contribution in [3.63, 3.8) is 0 Å². The second-order valence-electron chi connectivity index (χ2n) is 5.57. The zero-order valence-corrected chi connectivity index (χ0v) is 11.1. The standard InChI is InChI=1S/C16H23FO/c1-2-3-12-4-6-13(7-5-12)16(18)14-8-10-15(17)11-9-14/h8-13,16,18H,2-7H2,1H3. The lowest BCUT2D eigenvalue weighted by atomic mass is 9.76. The van der Waals surface area contributed by atoms with Gasteiger partial charge in [-0.2, -0.15) is 0 Å². The number of halogens is 1. The average molecular weight is 250 g/mol. The molecule has 1 N–H and O–H groups in total. The molecular formula is C16H23FO. The third-order valence-electron chi connectivity index (χ3n) is 4.25. The molecule has 100 valence electrons. The van der Waals surface area contributed by atoms with Crippen molar-refractivity contribution in [2.75, 3.05) is 0 Å². The van der Waals surface area contributed by atoms with Gasteiger partial charge in [0.05, 0.1) is 6.10 Å². The van der Waals surface area contributed by atoms with Gasteiger partial charge in [0.15, 0.2) is 0 Å². The molecule has 0 saturated heterocycles. The molecule has 0 radical (unpaired) electrons. The van der Waals surface area contributed by atoms with E-state index in [9.17, 15) is 9.50 Å². The molecule has 1 aromatic rings. The summed E-state index contributed by atoms with van der Waals surface area (Å²) in [5, 5.41) is 10.3. The third kappa shape index (κ3) is 3.32. The summed E-state index contributed by atoms with van der Waals surface area (Å²) < 4.78 is 12.8. The Morgan fingerprint density at radius 2 is 1.78 bits per heavy atom. The number of rotatable bonds is 4. The highest BCUT2D eigenvalue weighted by molar-refractivity contribution is 5.19. The molecule has 0 bridgehead atoms. The van der Waals surface area contributed by atoms with Gasteiger partial charge in [-0.05, 0) is 42.4 Å². The Morgan fingerprint density at radius 3 is 2.33 bits per heavy atom. The summed E-state index contributed by atoms with van der Waals surface area (Å²) in [5.41, 5.74) is 0.857. The second-order valence-corrected chi connectivity index (χ2v) is 5.57. The number of aliphatic hydroxyl groups excluding tert-OH is 1. The molecule has 1 aliphatic carbocycles. The molecule has 0 spiro atoms. The van der Waals surface area contributed by atoms with Crippen LogP contribution >= 0.6 is 0 Å². The highest BCUT2D eigenvalue weighted by Crippen LogP contribution is 2.38. The molecule has 1 atom stereocenters. The molecule has 18 heavy (non-hydrogen) atoms. The van der Waals surface area contributed by atoms with E-state index in [1.54, 1.807) is 12.1 Å². The summed E-state index contributed by atoms with van der Waals surface area (Å²) in [4.78, 5) is 0. The van der Waals surface area contributed by atoms with Crippen molar-refractivity contribution in [1.82, 2.24) is 0 Å². The first-order valence-corrected chi connectivity index (χ1v) is 7.14. The minimum Gasteiger partial charge on any atom is -0.388 e. The Balaban J connectivity index is 1.91. The highest BCUT2D eigenvalue weighted by atomic mass is 19.1. The van der Waals surface area contributed by atoms with Crippen LogP contribution in [0, 0.1) is 17.7 Å². The van der Waals surface area contributed by atoms with Crippen LogP contribution in [0.25, 0.3) is 0 Å². The summed E-state index contributed by atoms with van der Waals surface area (Å²) in [6.45, 7) is 2.24. The number of aliphatic hydroxyl groups is 1. The maximum Gasteiger partial charge on any atom is 0.123 e. The van der Waals surface area contributed by atoms with Crippen LogP contribution < -0.4 is 0 Å². The van der Waals surface area contributed by atoms with E-state index in [-0.39, 0.29) is 5.82 Å². The Morgan fingerprint density at radius 1 is 1.17 bits per heavy atom. The first-order valence-electron chi connectivity index (χ1n) is 7.14. The molecule has 1 aromatic carbocycles. The van der Waals surface area contributed by atoms with Gasteiger partial charge in [0.25, 0.3) is 0 Å². The van der Waals surface area contributed by atoms with Gasteiger partial charge in [0.2, 0.25) is 0 Å². The van der Waals surface area contributed by atoms with Gasteiger partial charge in [-0.3, -0.25) is 0 Å². The molecule has 0 amide bonds. The molecule has 1 nitrogen and oxygen atoms in total. The Hall–Kier alpha value is -0.890. The van der Waals surface area contributed by atoms with Crippen LogP contribution in [-0.4, -0.2) is 5.11 Å². The molecule has 1 unspecified atom stereocenters. The molecule has 2 rings (SSSR count). The third-order valence-corrected chi connectivity index (χ3v) is 4.25. The van der Waals surface area contributed by atoms with Gasteiger partial charge in [0, 0.05) is 0 Å². The summed E-state index contributed by atoms with van der Waals surface area (Å²) in [5.74, 6) is 0.966. The minimum absolute atomic E-state index is 0.238. The maximum absolute atomic E-state index is 12.8. The predicted molar refractivity (Wildman–Crippen MR) is 71.7 cm³/mol. The normalized spacial score (nSPS) is 25.9. The van der Waals surface area contributed by atoms with Crippen molar-refractivity contribution >= 4 is 0 Å². The van der Waals surface area contributed by atoms with Gasteiger partial charge < -0.3 is 5.11 Å². The first-order chi connectivity index (χ1) is 8.70. The smallest absolute Gasteiger partial charge is 0.123 e. The van der Waals surface area contributed by atoms with Crippen molar-refractivity contribution in [3.8, 4) is 0 Å². The summed E-state index contributed by atoms with van der Waals surface area (Å²) in [6.07, 6.45) is 6.82. The minimum atomic E-state index is -0.423. The lowest BCUT2D eigenvalue weighted by molar-refractivity contribution is 0.0722. The molecule has 0 heterocycles. The zero-order chi connectivity index (χ0) is 13.0. The van der Waals surface area contributed by atoms with E-state index in [0.717, 1.165) is 24.3 Å². The van der Waals surface area contributed by atoms with Gasteiger partial charge in [0.1, 0.15) is 5.82 Å². The fourth-order valence-electron chi connectivity index (χ4n) is 3.13. The molecule has 2 heteroatoms. The van der Waals surface area contributed by atoms with Gasteiger partial charge in [-0.1, -0.05) is 44.7 Å². The van der Waals surface area contributed by atoms with Crippen LogP contribution in [0.4, 0.5) is 4.39 Å². The lowest BCUT2D eigenvalue weighted by Gasteiger charge is -2.31. The van der Waals surface area contributed by atoms with Crippen LogP contribution in [0.2, 0.25) is 0 Å². The maximum atomic E-state index is 12.8. The summed E-state index contributed by atoms with van der Waals surface area (Å²) in [7, 11) is 0. The van der Waals surface area contributed by atoms with Crippen molar-refractivity contribution in [2.45, 2.75) is 51.6 Å². The fraction of sp³-hybridized carbons (Fsp3) is 0.625. The molecule has 1 saturated carbocycles. The Labute approximate surface area is 109 Å². The average Bonchev–Trinajstić information content (AvgIpc) is 2.40. The van der Waals surface area contributed by atoms with Gasteiger partial charge in [-0.25, -0.2) is 4.39 Å². The predicted octanol–water partition coefficient (Wildman–Crippen LogP) is 4.47. The quantitative estimate of drug-likeness (QED) is 0.836. The van der Waals surface area contributed by atoms with Crippen molar-refractivity contribution in [3.05, 3.63) is 35.6 Å². The lowest BCUT2D eigenvalue weighted by Crippen LogP contribution is -2.20. The molecule has 1 fully saturated rings. The molecule has 0 aromatic heterocycles. The summed E-state index contributed by atoms with van der Waals surface area (Å²) >= 11 is 0. The zero-order valence-electron chi connectivity index (χ0n) is 11.1. The number of hydrogen-bond acceptors (Lipinski definition) is 1. The van der Waals surface area contributed by atoms with E-state index in [0.29, 0.717) is 5.92 Å². The second kappa shape index (κ2) is 6.33. The van der Waals surface area contributed by atoms with Crippen LogP contribution in [-0.2, 0) is 0 Å². The van der Waals surface area contributed by atoms with Gasteiger partial charge in [-0.15, -0.1) is 0 Å². The fourth-order valence-corrected chi connectivity index (χ4v) is 3.13. The summed E-state index contributed by atoms with van der Waals surface area (Å²) in [6, 6.07) is 6.28. The largest absolute Gasteiger partial charge is 0.388 e. The van der Waals surface area contributed by atoms with E-state index in [1.807, 2.05) is 0 Å². The number of hydrogen-bond donors (Lipinski definition) is 1. The Bertz CT molecular complexity index is 352. The van der Waals surface area contributed by atoms with Crippen LogP contribution in [0.1, 0.15) is 57.1 Å². The highest BCUT2D eigenvalue weighted by Gasteiger charge is 2.26. The van der Waals surface area contributed by atoms with E-state index in [1.165, 1.54) is 37.8 Å². The molecule has 0 aliphatic heterocycles. The van der Waals surface area contributed by atoms with Gasteiger partial charge >= 0.3 is 0 Å². The monoisotopic (exact) mass is 250 g/mol. The van der Waals surface area contributed by atoms with E-state index >= 15 is 0 Å². The van der Waals surface area contributed by atoms with E-state index in [4.69, 9.17) is 0 Å². The van der Waals surface area contributed by atoms with Crippen molar-refractivity contribution in [1.29, 1.82) is 0 Å². The number of benzene rings is 1. The van der Waals surface area contributed by atoms with Crippen LogP contribution in [0.3, 0.4) is 0 Å². The van der Waals surface area contributed by atoms with Crippen LogP contribution in [0.5, 0.6) is 0 Å². The van der Waals surface area contributed by atoms with E-state index < -0.39 is 6.10 Å². The van der Waals surface area contributed by atoms with E-state index in [2.05, 4.69) is 6.92 Å². The SMILES string of the molecule is CCCC1CCC(C(O)c2ccc(F)cc2)CC1. The van der Waals surface area contributed by atoms with Crippen molar-refractivity contribution < 1.29 is 9.50 Å². The van der Waals surface area contributed by atoms with Crippen LogP contribution in [0.15, 0.2) is 24.3 Å². The topological polar surface area (TPSA) is 20.2 Å². The molecule has 1 aliphatic rings. The first kappa shape index (κ1) is 13.5.